The Morgan fingerprint density at radius 1 is 1.26 bits per heavy atom. The predicted octanol–water partition coefficient (Wildman–Crippen LogP) is 4.17. The fraction of sp³-hybridized carbons (Fsp3) is 0.235. The Labute approximate surface area is 133 Å². The number of ether oxygens (including phenoxy) is 1. The van der Waals surface area contributed by atoms with Crippen molar-refractivity contribution in [2.45, 2.75) is 13.8 Å². The van der Waals surface area contributed by atoms with E-state index in [0.717, 1.165) is 11.0 Å². The van der Waals surface area contributed by atoms with Crippen LogP contribution in [-0.2, 0) is 0 Å². The first-order valence-electron chi connectivity index (χ1n) is 7.41. The molecule has 0 radical (unpaired) electrons. The van der Waals surface area contributed by atoms with Gasteiger partial charge < -0.3 is 9.72 Å². The van der Waals surface area contributed by atoms with Crippen molar-refractivity contribution < 1.29 is 9.66 Å². The number of nitrogens with zero attached hydrogens (tertiary/aromatic N) is 2. The second-order valence-electron chi connectivity index (χ2n) is 5.75. The van der Waals surface area contributed by atoms with E-state index >= 15 is 0 Å². The van der Waals surface area contributed by atoms with E-state index in [-0.39, 0.29) is 11.4 Å². The summed E-state index contributed by atoms with van der Waals surface area (Å²) in [6.45, 7) is 4.42. The number of fused-ring (bicyclic) bond motifs is 1. The molecular formula is C17H17N3O3. The highest BCUT2D eigenvalue weighted by atomic mass is 16.6. The van der Waals surface area contributed by atoms with Gasteiger partial charge in [0.2, 0.25) is 0 Å². The van der Waals surface area contributed by atoms with Gasteiger partial charge in [-0.05, 0) is 30.2 Å². The van der Waals surface area contributed by atoms with Crippen molar-refractivity contribution in [3.05, 3.63) is 52.6 Å². The van der Waals surface area contributed by atoms with Gasteiger partial charge in [0, 0.05) is 11.6 Å². The van der Waals surface area contributed by atoms with Crippen LogP contribution in [0.2, 0.25) is 0 Å². The van der Waals surface area contributed by atoms with Gasteiger partial charge in [-0.2, -0.15) is 0 Å². The predicted molar refractivity (Wildman–Crippen MR) is 88.5 cm³/mol. The van der Waals surface area contributed by atoms with Crippen LogP contribution in [0.1, 0.15) is 13.8 Å². The number of benzene rings is 2. The van der Waals surface area contributed by atoms with Crippen LogP contribution in [0.3, 0.4) is 0 Å². The molecule has 23 heavy (non-hydrogen) atoms. The summed E-state index contributed by atoms with van der Waals surface area (Å²) in [7, 11) is 0. The summed E-state index contributed by atoms with van der Waals surface area (Å²) in [6.07, 6.45) is 0. The first kappa shape index (κ1) is 15.0. The Hall–Kier alpha value is -2.89. The maximum atomic E-state index is 11.3. The molecule has 0 atom stereocenters. The zero-order chi connectivity index (χ0) is 16.4. The molecule has 0 unspecified atom stereocenters. The van der Waals surface area contributed by atoms with Crippen LogP contribution in [0.5, 0.6) is 5.75 Å². The largest absolute Gasteiger partial charge is 0.487 e. The molecule has 0 fully saturated rings. The Morgan fingerprint density at radius 3 is 2.74 bits per heavy atom. The van der Waals surface area contributed by atoms with Crippen molar-refractivity contribution in [1.29, 1.82) is 0 Å². The van der Waals surface area contributed by atoms with Gasteiger partial charge in [0.25, 0.3) is 0 Å². The summed E-state index contributed by atoms with van der Waals surface area (Å²) in [4.78, 5) is 18.5. The third-order valence-electron chi connectivity index (χ3n) is 3.39. The number of para-hydroxylation sites is 2. The zero-order valence-corrected chi connectivity index (χ0v) is 12.9. The fourth-order valence-corrected chi connectivity index (χ4v) is 2.28. The summed E-state index contributed by atoms with van der Waals surface area (Å²) >= 11 is 0. The Bertz CT molecular complexity index is 822. The summed E-state index contributed by atoms with van der Waals surface area (Å²) in [5.41, 5.74) is 2.32. The molecule has 6 nitrogen and oxygen atoms in total. The summed E-state index contributed by atoms with van der Waals surface area (Å²) < 4.78 is 5.54. The lowest BCUT2D eigenvalue weighted by atomic mass is 10.1. The van der Waals surface area contributed by atoms with Crippen molar-refractivity contribution in [3.8, 4) is 17.1 Å². The molecule has 1 heterocycles. The molecule has 0 saturated heterocycles. The number of hydrogen-bond donors (Lipinski definition) is 1. The van der Waals surface area contributed by atoms with E-state index in [1.165, 1.54) is 6.07 Å². The molecule has 0 amide bonds. The smallest absolute Gasteiger partial charge is 0.311 e. The molecule has 2 aromatic carbocycles. The van der Waals surface area contributed by atoms with Crippen LogP contribution < -0.4 is 4.74 Å². The van der Waals surface area contributed by atoms with Gasteiger partial charge in [0.15, 0.2) is 5.75 Å². The highest BCUT2D eigenvalue weighted by Gasteiger charge is 2.18. The topological polar surface area (TPSA) is 81.0 Å². The number of nitro benzene ring substituents is 1. The van der Waals surface area contributed by atoms with Crippen LogP contribution >= 0.6 is 0 Å². The maximum absolute atomic E-state index is 11.3. The molecule has 6 heteroatoms. The molecular weight excluding hydrogens is 294 g/mol. The van der Waals surface area contributed by atoms with E-state index in [9.17, 15) is 10.1 Å². The van der Waals surface area contributed by atoms with E-state index in [4.69, 9.17) is 4.74 Å². The van der Waals surface area contributed by atoms with Gasteiger partial charge in [0.1, 0.15) is 5.82 Å². The van der Waals surface area contributed by atoms with Gasteiger partial charge in [0.05, 0.1) is 22.6 Å². The number of nitrogens with one attached hydrogen (secondary N) is 1. The monoisotopic (exact) mass is 311 g/mol. The van der Waals surface area contributed by atoms with Crippen LogP contribution in [0.4, 0.5) is 5.69 Å². The molecule has 0 aliphatic heterocycles. The summed E-state index contributed by atoms with van der Waals surface area (Å²) in [5.74, 6) is 1.18. The minimum absolute atomic E-state index is 0.0522. The maximum Gasteiger partial charge on any atom is 0.311 e. The average molecular weight is 311 g/mol. The van der Waals surface area contributed by atoms with Crippen LogP contribution in [-0.4, -0.2) is 21.5 Å². The quantitative estimate of drug-likeness (QED) is 0.566. The molecule has 3 rings (SSSR count). The normalized spacial score (nSPS) is 11.1. The average Bonchev–Trinajstić information content (AvgIpc) is 2.96. The second kappa shape index (κ2) is 6.08. The third-order valence-corrected chi connectivity index (χ3v) is 3.39. The van der Waals surface area contributed by atoms with Gasteiger partial charge >= 0.3 is 5.69 Å². The molecule has 0 aliphatic rings. The molecule has 1 N–H and O–H groups in total. The van der Waals surface area contributed by atoms with Crippen LogP contribution in [0.15, 0.2) is 42.5 Å². The van der Waals surface area contributed by atoms with Gasteiger partial charge in [-0.15, -0.1) is 0 Å². The van der Waals surface area contributed by atoms with Gasteiger partial charge in [-0.25, -0.2) is 4.98 Å². The Balaban J connectivity index is 1.99. The highest BCUT2D eigenvalue weighted by molar-refractivity contribution is 5.79. The van der Waals surface area contributed by atoms with Crippen molar-refractivity contribution in [2.24, 2.45) is 5.92 Å². The lowest BCUT2D eigenvalue weighted by molar-refractivity contribution is -0.385. The van der Waals surface area contributed by atoms with E-state index in [0.29, 0.717) is 23.9 Å². The SMILES string of the molecule is CC(C)COc1ccc(-c2nc3ccccc3[nH]2)cc1[N+](=O)[O-]. The Kier molecular flexibility index (Phi) is 3.97. The molecule has 1 aromatic heterocycles. The summed E-state index contributed by atoms with van der Waals surface area (Å²) in [6, 6.07) is 12.5. The van der Waals surface area contributed by atoms with Gasteiger partial charge in [-0.1, -0.05) is 26.0 Å². The van der Waals surface area contributed by atoms with Crippen molar-refractivity contribution >= 4 is 16.7 Å². The number of aromatic amines is 1. The number of imidazole rings is 1. The number of hydrogen-bond acceptors (Lipinski definition) is 4. The standard InChI is InChI=1S/C17H17N3O3/c1-11(2)10-23-16-8-7-12(9-15(16)20(21)22)17-18-13-5-3-4-6-14(13)19-17/h3-9,11H,10H2,1-2H3,(H,18,19). The lowest BCUT2D eigenvalue weighted by Crippen LogP contribution is -2.06. The summed E-state index contributed by atoms with van der Waals surface area (Å²) in [5, 5.41) is 11.3. The number of H-pyrrole nitrogens is 1. The van der Waals surface area contributed by atoms with Crippen molar-refractivity contribution in [2.75, 3.05) is 6.61 Å². The molecule has 0 saturated carbocycles. The number of aromatic nitrogens is 2. The zero-order valence-electron chi connectivity index (χ0n) is 12.9. The highest BCUT2D eigenvalue weighted by Crippen LogP contribution is 2.32. The lowest BCUT2D eigenvalue weighted by Gasteiger charge is -2.09. The van der Waals surface area contributed by atoms with Crippen molar-refractivity contribution in [1.82, 2.24) is 9.97 Å². The minimum Gasteiger partial charge on any atom is -0.487 e. The second-order valence-corrected chi connectivity index (χ2v) is 5.75. The van der Waals surface area contributed by atoms with Crippen molar-refractivity contribution in [3.63, 3.8) is 0 Å². The van der Waals surface area contributed by atoms with E-state index < -0.39 is 4.92 Å². The first-order chi connectivity index (χ1) is 11.0. The van der Waals surface area contributed by atoms with Crippen LogP contribution in [0.25, 0.3) is 22.4 Å². The van der Waals surface area contributed by atoms with Gasteiger partial charge in [-0.3, -0.25) is 10.1 Å². The van der Waals surface area contributed by atoms with E-state index in [1.807, 2.05) is 38.1 Å². The number of rotatable bonds is 5. The first-order valence-corrected chi connectivity index (χ1v) is 7.41. The van der Waals surface area contributed by atoms with E-state index in [1.54, 1.807) is 12.1 Å². The molecule has 0 bridgehead atoms. The minimum atomic E-state index is -0.429. The third kappa shape index (κ3) is 3.15. The molecule has 3 aromatic rings. The fourth-order valence-electron chi connectivity index (χ4n) is 2.28. The molecule has 0 aliphatic carbocycles. The van der Waals surface area contributed by atoms with Crippen LogP contribution in [0, 0.1) is 16.0 Å². The molecule has 0 spiro atoms. The number of nitro groups is 1. The molecule has 118 valence electrons. The Morgan fingerprint density at radius 2 is 2.04 bits per heavy atom. The van der Waals surface area contributed by atoms with E-state index in [2.05, 4.69) is 9.97 Å².